The van der Waals surface area contributed by atoms with E-state index in [0.29, 0.717) is 32.4 Å². The highest BCUT2D eigenvalue weighted by Crippen LogP contribution is 2.07. The second-order valence-corrected chi connectivity index (χ2v) is 6.96. The van der Waals surface area contributed by atoms with E-state index in [-0.39, 0.29) is 11.9 Å². The lowest BCUT2D eigenvalue weighted by molar-refractivity contribution is -0.143. The van der Waals surface area contributed by atoms with E-state index < -0.39 is 0 Å². The van der Waals surface area contributed by atoms with Gasteiger partial charge in [-0.15, -0.1) is 0 Å². The Morgan fingerprint density at radius 1 is 0.885 bits per heavy atom. The summed E-state index contributed by atoms with van der Waals surface area (Å²) in [4.78, 5) is 23.5. The minimum Gasteiger partial charge on any atom is -0.466 e. The van der Waals surface area contributed by atoms with Crippen LogP contribution >= 0.6 is 0 Å². The zero-order valence-electron chi connectivity index (χ0n) is 16.5. The second kappa shape index (κ2) is 14.3. The Morgan fingerprint density at radius 3 is 2.23 bits per heavy atom. The highest BCUT2D eigenvalue weighted by atomic mass is 16.5. The summed E-state index contributed by atoms with van der Waals surface area (Å²) in [5, 5.41) is 2.88. The Labute approximate surface area is 158 Å². The summed E-state index contributed by atoms with van der Waals surface area (Å²) < 4.78 is 5.22. The molecule has 1 N–H and O–H groups in total. The minimum absolute atomic E-state index is 0.0227. The monoisotopic (exact) mass is 361 g/mol. The third kappa shape index (κ3) is 11.7. The lowest BCUT2D eigenvalue weighted by atomic mass is 10.1. The van der Waals surface area contributed by atoms with Gasteiger partial charge in [0.15, 0.2) is 0 Å². The number of hydrogen-bond acceptors (Lipinski definition) is 3. The zero-order valence-corrected chi connectivity index (χ0v) is 16.5. The summed E-state index contributed by atoms with van der Waals surface area (Å²) in [6.07, 6.45) is 9.66. The molecule has 0 saturated heterocycles. The topological polar surface area (TPSA) is 55.4 Å². The Balaban J connectivity index is 1.96. The van der Waals surface area contributed by atoms with Crippen LogP contribution in [0.15, 0.2) is 24.3 Å². The van der Waals surface area contributed by atoms with Gasteiger partial charge in [-0.05, 0) is 25.3 Å². The molecule has 146 valence electrons. The molecule has 0 radical (unpaired) electrons. The summed E-state index contributed by atoms with van der Waals surface area (Å²) in [6, 6.07) is 8.08. The molecule has 0 unspecified atom stereocenters. The maximum Gasteiger partial charge on any atom is 0.305 e. The van der Waals surface area contributed by atoms with Crippen molar-refractivity contribution in [2.75, 3.05) is 6.61 Å². The van der Waals surface area contributed by atoms with Crippen molar-refractivity contribution in [3.63, 3.8) is 0 Å². The molecule has 0 spiro atoms. The first-order valence-electron chi connectivity index (χ1n) is 10.1. The van der Waals surface area contributed by atoms with E-state index in [2.05, 4.69) is 12.2 Å². The molecule has 0 aliphatic carbocycles. The molecule has 0 atom stereocenters. The Morgan fingerprint density at radius 2 is 1.54 bits per heavy atom. The van der Waals surface area contributed by atoms with Crippen LogP contribution in [0.25, 0.3) is 0 Å². The molecular formula is C22H35NO3. The first kappa shape index (κ1) is 22.2. The third-order valence-corrected chi connectivity index (χ3v) is 4.41. The van der Waals surface area contributed by atoms with Crippen molar-refractivity contribution in [3.05, 3.63) is 35.4 Å². The lowest BCUT2D eigenvalue weighted by Crippen LogP contribution is -2.22. The molecule has 1 amide bonds. The van der Waals surface area contributed by atoms with Gasteiger partial charge in [-0.1, -0.05) is 75.3 Å². The summed E-state index contributed by atoms with van der Waals surface area (Å²) in [6.45, 7) is 5.29. The van der Waals surface area contributed by atoms with Gasteiger partial charge in [-0.2, -0.15) is 0 Å². The highest BCUT2D eigenvalue weighted by molar-refractivity contribution is 5.77. The molecule has 4 heteroatoms. The fourth-order valence-corrected chi connectivity index (χ4v) is 2.71. The van der Waals surface area contributed by atoms with Crippen LogP contribution in [0.4, 0.5) is 0 Å². The van der Waals surface area contributed by atoms with Crippen molar-refractivity contribution >= 4 is 11.9 Å². The van der Waals surface area contributed by atoms with Crippen LogP contribution in [0.5, 0.6) is 0 Å². The van der Waals surface area contributed by atoms with Gasteiger partial charge < -0.3 is 10.1 Å². The fraction of sp³-hybridized carbons (Fsp3) is 0.636. The Bertz CT molecular complexity index is 511. The number of nitrogens with one attached hydrogen (secondary N) is 1. The molecule has 1 rings (SSSR count). The molecule has 26 heavy (non-hydrogen) atoms. The molecule has 0 aromatic heterocycles. The standard InChI is InChI=1S/C22H35NO3/c1-3-4-5-6-7-8-9-17-26-22(25)12-10-11-21(24)23-18-20-15-13-19(2)14-16-20/h13-16H,3-12,17-18H2,1-2H3,(H,23,24). The molecule has 0 bridgehead atoms. The summed E-state index contributed by atoms with van der Waals surface area (Å²) in [5.74, 6) is -0.215. The molecule has 1 aromatic carbocycles. The number of amides is 1. The smallest absolute Gasteiger partial charge is 0.305 e. The van der Waals surface area contributed by atoms with Crippen LogP contribution in [0.3, 0.4) is 0 Å². The fourth-order valence-electron chi connectivity index (χ4n) is 2.71. The number of unbranched alkanes of at least 4 members (excludes halogenated alkanes) is 6. The van der Waals surface area contributed by atoms with E-state index in [9.17, 15) is 9.59 Å². The van der Waals surface area contributed by atoms with Gasteiger partial charge in [0, 0.05) is 19.4 Å². The molecule has 0 aliphatic heterocycles. The van der Waals surface area contributed by atoms with Crippen molar-refractivity contribution in [1.29, 1.82) is 0 Å². The van der Waals surface area contributed by atoms with Gasteiger partial charge in [0.2, 0.25) is 5.91 Å². The van der Waals surface area contributed by atoms with E-state index in [4.69, 9.17) is 4.74 Å². The number of hydrogen-bond donors (Lipinski definition) is 1. The van der Waals surface area contributed by atoms with Crippen molar-refractivity contribution in [2.24, 2.45) is 0 Å². The van der Waals surface area contributed by atoms with Crippen molar-refractivity contribution < 1.29 is 14.3 Å². The predicted octanol–water partition coefficient (Wildman–Crippen LogP) is 5.08. The number of aryl methyl sites for hydroxylation is 1. The number of esters is 1. The third-order valence-electron chi connectivity index (χ3n) is 4.41. The van der Waals surface area contributed by atoms with E-state index >= 15 is 0 Å². The number of carbonyl (C=O) groups is 2. The molecule has 1 aromatic rings. The summed E-state index contributed by atoms with van der Waals surface area (Å²) in [7, 11) is 0. The maximum atomic E-state index is 11.8. The average molecular weight is 362 g/mol. The molecule has 4 nitrogen and oxygen atoms in total. The number of benzene rings is 1. The molecule has 0 aliphatic rings. The minimum atomic E-state index is -0.192. The van der Waals surface area contributed by atoms with Crippen LogP contribution in [0.2, 0.25) is 0 Å². The number of ether oxygens (including phenoxy) is 1. The maximum absolute atomic E-state index is 11.8. The highest BCUT2D eigenvalue weighted by Gasteiger charge is 2.06. The molecule has 0 heterocycles. The Kier molecular flexibility index (Phi) is 12.2. The number of carbonyl (C=O) groups excluding carboxylic acids is 2. The largest absolute Gasteiger partial charge is 0.466 e. The SMILES string of the molecule is CCCCCCCCCOC(=O)CCCC(=O)NCc1ccc(C)cc1. The quantitative estimate of drug-likeness (QED) is 0.371. The van der Waals surface area contributed by atoms with E-state index in [1.807, 2.05) is 31.2 Å². The average Bonchev–Trinajstić information content (AvgIpc) is 2.63. The lowest BCUT2D eigenvalue weighted by Gasteiger charge is -2.07. The number of rotatable bonds is 14. The van der Waals surface area contributed by atoms with Gasteiger partial charge in [0.05, 0.1) is 6.61 Å². The van der Waals surface area contributed by atoms with Crippen LogP contribution in [-0.4, -0.2) is 18.5 Å². The van der Waals surface area contributed by atoms with E-state index in [1.165, 1.54) is 37.7 Å². The van der Waals surface area contributed by atoms with Crippen molar-refractivity contribution in [1.82, 2.24) is 5.32 Å². The summed E-state index contributed by atoms with van der Waals surface area (Å²) >= 11 is 0. The zero-order chi connectivity index (χ0) is 19.0. The normalized spacial score (nSPS) is 10.5. The van der Waals surface area contributed by atoms with E-state index in [1.54, 1.807) is 0 Å². The van der Waals surface area contributed by atoms with Crippen molar-refractivity contribution in [3.8, 4) is 0 Å². The summed E-state index contributed by atoms with van der Waals surface area (Å²) in [5.41, 5.74) is 2.29. The predicted molar refractivity (Wildman–Crippen MR) is 106 cm³/mol. The van der Waals surface area contributed by atoms with Gasteiger partial charge >= 0.3 is 5.97 Å². The Hall–Kier alpha value is -1.84. The van der Waals surface area contributed by atoms with Crippen LogP contribution < -0.4 is 5.32 Å². The first-order valence-corrected chi connectivity index (χ1v) is 10.1. The second-order valence-electron chi connectivity index (χ2n) is 6.96. The van der Waals surface area contributed by atoms with Gasteiger partial charge in [0.1, 0.15) is 0 Å². The van der Waals surface area contributed by atoms with Gasteiger partial charge in [-0.3, -0.25) is 9.59 Å². The molecule has 0 saturated carbocycles. The van der Waals surface area contributed by atoms with Gasteiger partial charge in [-0.25, -0.2) is 0 Å². The van der Waals surface area contributed by atoms with Crippen LogP contribution in [-0.2, 0) is 20.9 Å². The first-order chi connectivity index (χ1) is 12.6. The molecule has 0 fully saturated rings. The van der Waals surface area contributed by atoms with Gasteiger partial charge in [0.25, 0.3) is 0 Å². The van der Waals surface area contributed by atoms with Crippen LogP contribution in [0.1, 0.15) is 82.3 Å². The van der Waals surface area contributed by atoms with Crippen LogP contribution in [0, 0.1) is 6.92 Å². The van der Waals surface area contributed by atoms with E-state index in [0.717, 1.165) is 18.4 Å². The molecular weight excluding hydrogens is 326 g/mol. The van der Waals surface area contributed by atoms with Crippen molar-refractivity contribution in [2.45, 2.75) is 84.6 Å².